The van der Waals surface area contributed by atoms with Gasteiger partial charge in [-0.25, -0.2) is 10.4 Å². The summed E-state index contributed by atoms with van der Waals surface area (Å²) in [4.78, 5) is 5.59. The van der Waals surface area contributed by atoms with E-state index in [2.05, 4.69) is 37.8 Å². The number of fused-ring (bicyclic) bond motifs is 1. The zero-order valence-electron chi connectivity index (χ0n) is 12.2. The Hall–Kier alpha value is -1.21. The molecule has 1 aliphatic heterocycles. The molecule has 4 N–H and O–H groups in total. The van der Waals surface area contributed by atoms with E-state index in [9.17, 15) is 0 Å². The van der Waals surface area contributed by atoms with Crippen LogP contribution in [0.3, 0.4) is 0 Å². The topological polar surface area (TPSA) is 62.4 Å². The molecule has 0 radical (unpaired) electrons. The molecular formula is C16H16BrClN4S. The van der Waals surface area contributed by atoms with Crippen molar-refractivity contribution >= 4 is 50.9 Å². The molecule has 0 saturated heterocycles. The number of hydrogen-bond acceptors (Lipinski definition) is 3. The lowest BCUT2D eigenvalue weighted by Gasteiger charge is -2.26. The molecule has 0 spiro atoms. The van der Waals surface area contributed by atoms with Gasteiger partial charge in [0.15, 0.2) is 0 Å². The Labute approximate surface area is 153 Å². The van der Waals surface area contributed by atoms with Crippen molar-refractivity contribution in [2.45, 2.75) is 17.4 Å². The maximum atomic E-state index is 6.12. The highest BCUT2D eigenvalue weighted by Crippen LogP contribution is 2.37. The van der Waals surface area contributed by atoms with Crippen LogP contribution in [0.1, 0.15) is 18.0 Å². The minimum absolute atomic E-state index is 0.154. The molecule has 2 aromatic carbocycles. The predicted molar refractivity (Wildman–Crippen MR) is 101 cm³/mol. The number of guanidine groups is 1. The van der Waals surface area contributed by atoms with Crippen molar-refractivity contribution in [3.8, 4) is 0 Å². The van der Waals surface area contributed by atoms with Gasteiger partial charge in [-0.1, -0.05) is 33.6 Å². The summed E-state index contributed by atoms with van der Waals surface area (Å²) in [5, 5.41) is 0.744. The fourth-order valence-corrected chi connectivity index (χ4v) is 4.06. The molecule has 1 unspecified atom stereocenters. The quantitative estimate of drug-likeness (QED) is 0.398. The van der Waals surface area contributed by atoms with Gasteiger partial charge in [0.2, 0.25) is 5.96 Å². The number of hydrazine groups is 1. The molecule has 120 valence electrons. The van der Waals surface area contributed by atoms with Gasteiger partial charge in [-0.2, -0.15) is 0 Å². The average molecular weight is 412 g/mol. The molecule has 23 heavy (non-hydrogen) atoms. The average Bonchev–Trinajstić information content (AvgIpc) is 2.53. The maximum absolute atomic E-state index is 6.12. The fraction of sp³-hybridized carbons (Fsp3) is 0.188. The molecule has 4 nitrogen and oxygen atoms in total. The monoisotopic (exact) mass is 410 g/mol. The van der Waals surface area contributed by atoms with Crippen molar-refractivity contribution in [3.63, 3.8) is 0 Å². The first-order valence-electron chi connectivity index (χ1n) is 7.15. The van der Waals surface area contributed by atoms with Crippen LogP contribution in [0.2, 0.25) is 5.02 Å². The van der Waals surface area contributed by atoms with Crippen LogP contribution in [0.25, 0.3) is 0 Å². The van der Waals surface area contributed by atoms with Crippen molar-refractivity contribution in [2.24, 2.45) is 10.7 Å². The zero-order chi connectivity index (χ0) is 16.2. The number of thioether (sulfide) groups is 1. The van der Waals surface area contributed by atoms with E-state index in [-0.39, 0.29) is 6.04 Å². The van der Waals surface area contributed by atoms with Gasteiger partial charge in [0.1, 0.15) is 0 Å². The van der Waals surface area contributed by atoms with Crippen LogP contribution in [0, 0.1) is 0 Å². The highest BCUT2D eigenvalue weighted by Gasteiger charge is 2.20. The fourth-order valence-electron chi connectivity index (χ4n) is 2.39. The normalized spacial score (nSPS) is 17.7. The van der Waals surface area contributed by atoms with Gasteiger partial charge in [0.25, 0.3) is 0 Å². The molecule has 0 fully saturated rings. The number of halogens is 2. The standard InChI is InChI=1S/C16H16BrClN4S/c17-10-2-1-3-12(8-10)20-16(19)22-21-14-6-7-23-15-5-4-11(18)9-13(14)15/h1-5,8-9,14,21H,6-7H2,(H3,19,20,22). The largest absolute Gasteiger partial charge is 0.369 e. The second kappa shape index (κ2) is 7.57. The van der Waals surface area contributed by atoms with Crippen molar-refractivity contribution in [1.82, 2.24) is 10.9 Å². The van der Waals surface area contributed by atoms with Crippen molar-refractivity contribution in [3.05, 3.63) is 57.5 Å². The third-order valence-electron chi connectivity index (χ3n) is 3.44. The van der Waals surface area contributed by atoms with Crippen molar-refractivity contribution < 1.29 is 0 Å². The molecule has 1 atom stereocenters. The van der Waals surface area contributed by atoms with E-state index in [1.165, 1.54) is 10.5 Å². The SMILES string of the molecule is NC(=Nc1cccc(Br)c1)NNC1CCSc2ccc(Cl)cc21. The number of benzene rings is 2. The van der Waals surface area contributed by atoms with Crippen LogP contribution >= 0.6 is 39.3 Å². The van der Waals surface area contributed by atoms with E-state index < -0.39 is 0 Å². The van der Waals surface area contributed by atoms with Gasteiger partial charge in [-0.15, -0.1) is 11.8 Å². The summed E-state index contributed by atoms with van der Waals surface area (Å²) < 4.78 is 0.965. The Morgan fingerprint density at radius 3 is 3.00 bits per heavy atom. The molecule has 0 aromatic heterocycles. The minimum atomic E-state index is 0.154. The second-order valence-corrected chi connectivity index (χ2v) is 7.61. The van der Waals surface area contributed by atoms with Crippen LogP contribution in [-0.2, 0) is 0 Å². The molecule has 2 aromatic rings. The zero-order valence-corrected chi connectivity index (χ0v) is 15.4. The predicted octanol–water partition coefficient (Wildman–Crippen LogP) is 4.38. The number of rotatable bonds is 3. The van der Waals surface area contributed by atoms with Gasteiger partial charge >= 0.3 is 0 Å². The summed E-state index contributed by atoms with van der Waals surface area (Å²) >= 11 is 11.4. The highest BCUT2D eigenvalue weighted by molar-refractivity contribution is 9.10. The first-order chi connectivity index (χ1) is 11.1. The van der Waals surface area contributed by atoms with Crippen LogP contribution in [0.4, 0.5) is 5.69 Å². The van der Waals surface area contributed by atoms with E-state index in [1.54, 1.807) is 0 Å². The van der Waals surface area contributed by atoms with Gasteiger partial charge in [0, 0.05) is 14.4 Å². The lowest BCUT2D eigenvalue weighted by atomic mass is 10.0. The maximum Gasteiger partial charge on any atom is 0.208 e. The first kappa shape index (κ1) is 16.6. The lowest BCUT2D eigenvalue weighted by molar-refractivity contribution is 0.485. The number of nitrogens with one attached hydrogen (secondary N) is 2. The summed E-state index contributed by atoms with van der Waals surface area (Å²) in [7, 11) is 0. The van der Waals surface area contributed by atoms with Crippen LogP contribution in [0.15, 0.2) is 56.8 Å². The summed E-state index contributed by atoms with van der Waals surface area (Å²) in [6.45, 7) is 0. The Kier molecular flexibility index (Phi) is 5.48. The molecule has 3 rings (SSSR count). The lowest BCUT2D eigenvalue weighted by Crippen LogP contribution is -2.44. The molecule has 1 aliphatic rings. The number of hydrogen-bond donors (Lipinski definition) is 3. The molecule has 0 amide bonds. The van der Waals surface area contributed by atoms with Crippen molar-refractivity contribution in [1.29, 1.82) is 0 Å². The van der Waals surface area contributed by atoms with E-state index >= 15 is 0 Å². The summed E-state index contributed by atoms with van der Waals surface area (Å²) in [5.74, 6) is 1.38. The Morgan fingerprint density at radius 1 is 1.30 bits per heavy atom. The number of aliphatic imine (C=N–C) groups is 1. The summed E-state index contributed by atoms with van der Waals surface area (Å²) in [5.41, 5.74) is 14.2. The Bertz CT molecular complexity index is 738. The molecular weight excluding hydrogens is 396 g/mol. The number of nitrogens with zero attached hydrogens (tertiary/aromatic N) is 1. The van der Waals surface area contributed by atoms with Gasteiger partial charge in [0.05, 0.1) is 11.7 Å². The van der Waals surface area contributed by atoms with Crippen LogP contribution < -0.4 is 16.6 Å². The van der Waals surface area contributed by atoms with Gasteiger partial charge in [-0.05, 0) is 54.1 Å². The van der Waals surface area contributed by atoms with Gasteiger partial charge in [-0.3, -0.25) is 5.43 Å². The van der Waals surface area contributed by atoms with E-state index in [0.717, 1.165) is 27.4 Å². The van der Waals surface area contributed by atoms with Crippen LogP contribution in [-0.4, -0.2) is 11.7 Å². The molecule has 7 heteroatoms. The Balaban J connectivity index is 1.68. The number of nitrogens with two attached hydrogens (primary N) is 1. The van der Waals surface area contributed by atoms with Gasteiger partial charge < -0.3 is 5.73 Å². The van der Waals surface area contributed by atoms with E-state index in [4.69, 9.17) is 17.3 Å². The van der Waals surface area contributed by atoms with E-state index in [0.29, 0.717) is 5.96 Å². The first-order valence-corrected chi connectivity index (χ1v) is 9.31. The van der Waals surface area contributed by atoms with Crippen LogP contribution in [0.5, 0.6) is 0 Å². The van der Waals surface area contributed by atoms with Crippen molar-refractivity contribution in [2.75, 3.05) is 5.75 Å². The summed E-state index contributed by atoms with van der Waals surface area (Å²) in [6.07, 6.45) is 0.995. The molecule has 0 saturated carbocycles. The Morgan fingerprint density at radius 2 is 2.17 bits per heavy atom. The smallest absolute Gasteiger partial charge is 0.208 e. The molecule has 0 aliphatic carbocycles. The van der Waals surface area contributed by atoms with E-state index in [1.807, 2.05) is 48.2 Å². The third kappa shape index (κ3) is 4.41. The second-order valence-electron chi connectivity index (χ2n) is 5.12. The summed E-state index contributed by atoms with van der Waals surface area (Å²) in [6, 6.07) is 13.8. The molecule has 0 bridgehead atoms. The molecule has 1 heterocycles. The minimum Gasteiger partial charge on any atom is -0.369 e. The third-order valence-corrected chi connectivity index (χ3v) is 5.29. The highest BCUT2D eigenvalue weighted by atomic mass is 79.9.